The molecule has 35 heavy (non-hydrogen) atoms. The molecule has 2 heterocycles. The second-order valence-corrected chi connectivity index (χ2v) is 9.05. The summed E-state index contributed by atoms with van der Waals surface area (Å²) in [5.74, 6) is -0.222. The standard InChI is InChI=1S/C27H28F4N4/c1-18(2)14-19-5-7-21(8-6-19)16-32-25-24(28)26(34-17-33-25)35-13-3-4-23(35)22-11-9-20(10-12-22)15-27(29,30)31/h5-12,17,23H,1,3-4,13-16H2,2H3,(H,32,33,34). The zero-order valence-electron chi connectivity index (χ0n) is 19.6. The van der Waals surface area contributed by atoms with Crippen molar-refractivity contribution in [2.24, 2.45) is 0 Å². The highest BCUT2D eigenvalue weighted by atomic mass is 19.4. The Labute approximate surface area is 202 Å². The summed E-state index contributed by atoms with van der Waals surface area (Å²) >= 11 is 0. The van der Waals surface area contributed by atoms with Gasteiger partial charge in [0.15, 0.2) is 11.6 Å². The minimum atomic E-state index is -4.25. The molecule has 0 spiro atoms. The van der Waals surface area contributed by atoms with Crippen LogP contribution in [0.5, 0.6) is 0 Å². The lowest BCUT2D eigenvalue weighted by Crippen LogP contribution is -2.25. The molecule has 184 valence electrons. The van der Waals surface area contributed by atoms with Gasteiger partial charge in [0.2, 0.25) is 5.82 Å². The van der Waals surface area contributed by atoms with Gasteiger partial charge in [0.05, 0.1) is 12.5 Å². The highest BCUT2D eigenvalue weighted by molar-refractivity contribution is 5.53. The molecular formula is C27H28F4N4. The van der Waals surface area contributed by atoms with E-state index in [2.05, 4.69) is 21.9 Å². The molecule has 1 N–H and O–H groups in total. The first-order valence-corrected chi connectivity index (χ1v) is 11.6. The van der Waals surface area contributed by atoms with E-state index in [9.17, 15) is 13.2 Å². The lowest BCUT2D eigenvalue weighted by Gasteiger charge is -2.27. The van der Waals surface area contributed by atoms with Crippen LogP contribution < -0.4 is 10.2 Å². The number of allylic oxidation sites excluding steroid dienone is 1. The molecule has 1 fully saturated rings. The Balaban J connectivity index is 1.46. The first kappa shape index (κ1) is 24.7. The van der Waals surface area contributed by atoms with Crippen LogP contribution in [0.15, 0.2) is 67.0 Å². The Morgan fingerprint density at radius 2 is 1.69 bits per heavy atom. The number of alkyl halides is 3. The maximum Gasteiger partial charge on any atom is 0.393 e. The average molecular weight is 485 g/mol. The van der Waals surface area contributed by atoms with Gasteiger partial charge in [-0.25, -0.2) is 9.97 Å². The van der Waals surface area contributed by atoms with Crippen LogP contribution in [0.2, 0.25) is 0 Å². The predicted octanol–water partition coefficient (Wildman–Crippen LogP) is 6.79. The van der Waals surface area contributed by atoms with Crippen LogP contribution in [-0.4, -0.2) is 22.7 Å². The largest absolute Gasteiger partial charge is 0.393 e. The van der Waals surface area contributed by atoms with Gasteiger partial charge in [-0.3, -0.25) is 0 Å². The lowest BCUT2D eigenvalue weighted by atomic mass is 10.0. The van der Waals surface area contributed by atoms with Crippen LogP contribution in [-0.2, 0) is 19.4 Å². The molecule has 8 heteroatoms. The number of halogens is 4. The van der Waals surface area contributed by atoms with Crippen LogP contribution in [0.25, 0.3) is 0 Å². The summed E-state index contributed by atoms with van der Waals surface area (Å²) in [6, 6.07) is 14.3. The summed E-state index contributed by atoms with van der Waals surface area (Å²) in [7, 11) is 0. The fraction of sp³-hybridized carbons (Fsp3) is 0.333. The van der Waals surface area contributed by atoms with Crippen LogP contribution in [0.1, 0.15) is 48.1 Å². The first-order chi connectivity index (χ1) is 16.7. The van der Waals surface area contributed by atoms with Crippen LogP contribution >= 0.6 is 0 Å². The van der Waals surface area contributed by atoms with Crippen molar-refractivity contribution in [3.8, 4) is 0 Å². The molecule has 1 unspecified atom stereocenters. The summed E-state index contributed by atoms with van der Waals surface area (Å²) in [6.07, 6.45) is -1.47. The Bertz CT molecular complexity index is 1160. The van der Waals surface area contributed by atoms with Gasteiger partial charge in [-0.2, -0.15) is 17.6 Å². The van der Waals surface area contributed by atoms with E-state index >= 15 is 4.39 Å². The third kappa shape index (κ3) is 6.38. The van der Waals surface area contributed by atoms with Gasteiger partial charge in [-0.1, -0.05) is 60.7 Å². The number of benzene rings is 2. The van der Waals surface area contributed by atoms with Gasteiger partial charge in [0.1, 0.15) is 6.33 Å². The molecule has 0 amide bonds. The van der Waals surface area contributed by atoms with Crippen molar-refractivity contribution in [1.29, 1.82) is 0 Å². The third-order valence-corrected chi connectivity index (χ3v) is 6.05. The molecule has 4 rings (SSSR count). The Kier molecular flexibility index (Phi) is 7.38. The van der Waals surface area contributed by atoms with E-state index in [-0.39, 0.29) is 23.2 Å². The Morgan fingerprint density at radius 1 is 1.03 bits per heavy atom. The van der Waals surface area contributed by atoms with Gasteiger partial charge < -0.3 is 10.2 Å². The summed E-state index contributed by atoms with van der Waals surface area (Å²) in [5, 5.41) is 3.06. The average Bonchev–Trinajstić information content (AvgIpc) is 3.28. The van der Waals surface area contributed by atoms with Crippen LogP contribution in [0.4, 0.5) is 29.2 Å². The van der Waals surface area contributed by atoms with E-state index in [0.29, 0.717) is 13.1 Å². The highest BCUT2D eigenvalue weighted by Gasteiger charge is 2.31. The van der Waals surface area contributed by atoms with Gasteiger partial charge in [0.25, 0.3) is 0 Å². The second-order valence-electron chi connectivity index (χ2n) is 9.05. The third-order valence-electron chi connectivity index (χ3n) is 6.05. The fourth-order valence-corrected chi connectivity index (χ4v) is 4.45. The van der Waals surface area contributed by atoms with E-state index in [1.807, 2.05) is 36.1 Å². The first-order valence-electron chi connectivity index (χ1n) is 11.6. The molecule has 0 saturated carbocycles. The smallest absolute Gasteiger partial charge is 0.363 e. The van der Waals surface area contributed by atoms with Gasteiger partial charge in [-0.15, -0.1) is 0 Å². The minimum Gasteiger partial charge on any atom is -0.363 e. The van der Waals surface area contributed by atoms with Crippen molar-refractivity contribution in [2.45, 2.75) is 51.4 Å². The minimum absolute atomic E-state index is 0.118. The molecule has 2 aromatic carbocycles. The molecule has 0 radical (unpaired) electrons. The molecule has 3 aromatic rings. The van der Waals surface area contributed by atoms with Crippen LogP contribution in [0.3, 0.4) is 0 Å². The Hall–Kier alpha value is -3.42. The van der Waals surface area contributed by atoms with Gasteiger partial charge >= 0.3 is 6.18 Å². The molecule has 0 aliphatic carbocycles. The summed E-state index contributed by atoms with van der Waals surface area (Å²) in [4.78, 5) is 10.2. The number of nitrogens with zero attached hydrogens (tertiary/aromatic N) is 3. The van der Waals surface area contributed by atoms with Crippen molar-refractivity contribution in [3.05, 3.63) is 95.1 Å². The van der Waals surface area contributed by atoms with E-state index in [1.165, 1.54) is 24.0 Å². The summed E-state index contributed by atoms with van der Waals surface area (Å²) < 4.78 is 53.4. The quantitative estimate of drug-likeness (QED) is 0.282. The topological polar surface area (TPSA) is 41.1 Å². The van der Waals surface area contributed by atoms with E-state index in [0.717, 1.165) is 36.0 Å². The maximum absolute atomic E-state index is 15.4. The van der Waals surface area contributed by atoms with Crippen molar-refractivity contribution in [2.75, 3.05) is 16.8 Å². The molecule has 0 bridgehead atoms. The van der Waals surface area contributed by atoms with Crippen molar-refractivity contribution < 1.29 is 17.6 Å². The molecular weight excluding hydrogens is 456 g/mol. The fourth-order valence-electron chi connectivity index (χ4n) is 4.45. The maximum atomic E-state index is 15.4. The lowest BCUT2D eigenvalue weighted by molar-refractivity contribution is -0.127. The molecule has 1 atom stereocenters. The predicted molar refractivity (Wildman–Crippen MR) is 130 cm³/mol. The van der Waals surface area contributed by atoms with Crippen molar-refractivity contribution in [1.82, 2.24) is 9.97 Å². The zero-order chi connectivity index (χ0) is 25.0. The number of hydrogen-bond donors (Lipinski definition) is 1. The van der Waals surface area contributed by atoms with E-state index in [4.69, 9.17) is 0 Å². The number of hydrogen-bond acceptors (Lipinski definition) is 4. The molecule has 1 aliphatic heterocycles. The summed E-state index contributed by atoms with van der Waals surface area (Å²) in [5.41, 5.74) is 4.30. The molecule has 1 saturated heterocycles. The zero-order valence-corrected chi connectivity index (χ0v) is 19.6. The van der Waals surface area contributed by atoms with Crippen LogP contribution in [0, 0.1) is 5.82 Å². The monoisotopic (exact) mass is 484 g/mol. The summed E-state index contributed by atoms with van der Waals surface area (Å²) in [6.45, 7) is 6.92. The number of rotatable bonds is 8. The van der Waals surface area contributed by atoms with Crippen molar-refractivity contribution in [3.63, 3.8) is 0 Å². The molecule has 4 nitrogen and oxygen atoms in total. The number of nitrogens with one attached hydrogen (secondary N) is 1. The van der Waals surface area contributed by atoms with E-state index in [1.54, 1.807) is 12.1 Å². The van der Waals surface area contributed by atoms with E-state index < -0.39 is 18.4 Å². The van der Waals surface area contributed by atoms with Gasteiger partial charge in [0, 0.05) is 13.1 Å². The second kappa shape index (κ2) is 10.5. The SMILES string of the molecule is C=C(C)Cc1ccc(CNc2ncnc(N3CCCC3c3ccc(CC(F)(F)F)cc3)c2F)cc1. The number of aromatic nitrogens is 2. The normalized spacial score (nSPS) is 15.9. The molecule has 1 aliphatic rings. The Morgan fingerprint density at radius 3 is 2.34 bits per heavy atom. The van der Waals surface area contributed by atoms with Crippen molar-refractivity contribution >= 4 is 11.6 Å². The highest BCUT2D eigenvalue weighted by Crippen LogP contribution is 2.37. The molecule has 1 aromatic heterocycles. The number of anilines is 2. The van der Waals surface area contributed by atoms with Gasteiger partial charge in [-0.05, 0) is 48.4 Å².